The molecule has 1 aliphatic carbocycles. The molecule has 1 N–H and O–H groups in total. The van der Waals surface area contributed by atoms with Crippen molar-refractivity contribution in [2.24, 2.45) is 5.92 Å². The Labute approximate surface area is 103 Å². The number of amides is 2. The van der Waals surface area contributed by atoms with Crippen LogP contribution in [0, 0.1) is 5.92 Å². The van der Waals surface area contributed by atoms with E-state index in [1.54, 1.807) is 4.90 Å². The van der Waals surface area contributed by atoms with Crippen LogP contribution in [0.2, 0.25) is 0 Å². The van der Waals surface area contributed by atoms with Crippen molar-refractivity contribution in [3.63, 3.8) is 0 Å². The predicted molar refractivity (Wildman–Crippen MR) is 65.4 cm³/mol. The maximum absolute atomic E-state index is 12.6. The number of nitrogens with one attached hydrogen (secondary N) is 1. The summed E-state index contributed by atoms with van der Waals surface area (Å²) >= 11 is 0. The summed E-state index contributed by atoms with van der Waals surface area (Å²) in [5.74, 6) is 0.330. The van der Waals surface area contributed by atoms with E-state index in [0.29, 0.717) is 6.54 Å². The highest BCUT2D eigenvalue weighted by Crippen LogP contribution is 2.35. The Bertz CT molecular complexity index is 332. The third-order valence-corrected chi connectivity index (χ3v) is 4.07. The second-order valence-corrected chi connectivity index (χ2v) is 5.56. The Morgan fingerprint density at radius 2 is 1.94 bits per heavy atom. The first-order chi connectivity index (χ1) is 8.02. The van der Waals surface area contributed by atoms with E-state index in [1.165, 1.54) is 0 Å². The summed E-state index contributed by atoms with van der Waals surface area (Å²) in [7, 11) is 0. The van der Waals surface area contributed by atoms with Gasteiger partial charge in [-0.2, -0.15) is 0 Å². The molecule has 2 rings (SSSR count). The topological polar surface area (TPSA) is 49.4 Å². The fourth-order valence-electron chi connectivity index (χ4n) is 3.23. The first-order valence-electron chi connectivity index (χ1n) is 6.65. The minimum absolute atomic E-state index is 0.0309. The molecule has 1 saturated heterocycles. The van der Waals surface area contributed by atoms with Crippen molar-refractivity contribution < 1.29 is 9.59 Å². The van der Waals surface area contributed by atoms with Gasteiger partial charge < -0.3 is 10.2 Å². The number of nitrogens with zero attached hydrogens (tertiary/aromatic N) is 1. The van der Waals surface area contributed by atoms with Gasteiger partial charge in [-0.05, 0) is 25.7 Å². The van der Waals surface area contributed by atoms with Crippen LogP contribution in [0.5, 0.6) is 0 Å². The minimum atomic E-state index is -0.571. The smallest absolute Gasteiger partial charge is 0.249 e. The Hall–Kier alpha value is -1.06. The van der Waals surface area contributed by atoms with Crippen molar-refractivity contribution >= 4 is 11.8 Å². The van der Waals surface area contributed by atoms with Crippen LogP contribution in [-0.4, -0.2) is 34.8 Å². The van der Waals surface area contributed by atoms with Gasteiger partial charge in [-0.1, -0.05) is 26.7 Å². The van der Waals surface area contributed by atoms with Crippen molar-refractivity contribution in [1.29, 1.82) is 0 Å². The number of piperazine rings is 1. The molecule has 2 fully saturated rings. The molecule has 4 nitrogen and oxygen atoms in total. The van der Waals surface area contributed by atoms with Gasteiger partial charge in [0.2, 0.25) is 11.8 Å². The van der Waals surface area contributed by atoms with Gasteiger partial charge in [0.1, 0.15) is 11.6 Å². The normalized spacial score (nSPS) is 28.0. The van der Waals surface area contributed by atoms with Crippen LogP contribution in [0.1, 0.15) is 46.5 Å². The molecule has 0 aromatic heterocycles. The van der Waals surface area contributed by atoms with Crippen LogP contribution in [0.3, 0.4) is 0 Å². The average molecular weight is 238 g/mol. The van der Waals surface area contributed by atoms with Crippen molar-refractivity contribution in [3.05, 3.63) is 0 Å². The second-order valence-electron chi connectivity index (χ2n) is 5.56. The lowest BCUT2D eigenvalue weighted by atomic mass is 9.87. The standard InChI is InChI=1S/C13H22N2O2/c1-4-15-10(9(2)3)11(16)14-13(12(15)17)7-5-6-8-13/h9-10H,4-8H2,1-3H3,(H,14,16). The highest BCUT2D eigenvalue weighted by molar-refractivity contribution is 6.00. The van der Waals surface area contributed by atoms with E-state index in [4.69, 9.17) is 0 Å². The largest absolute Gasteiger partial charge is 0.340 e. The molecule has 0 aromatic carbocycles. The Kier molecular flexibility index (Phi) is 3.15. The molecule has 1 unspecified atom stereocenters. The van der Waals surface area contributed by atoms with Gasteiger partial charge in [-0.15, -0.1) is 0 Å². The third-order valence-electron chi connectivity index (χ3n) is 4.07. The molecule has 0 bridgehead atoms. The lowest BCUT2D eigenvalue weighted by Crippen LogP contribution is -2.70. The number of carbonyl (C=O) groups excluding carboxylic acids is 2. The summed E-state index contributed by atoms with van der Waals surface area (Å²) < 4.78 is 0. The van der Waals surface area contributed by atoms with E-state index >= 15 is 0 Å². The summed E-state index contributed by atoms with van der Waals surface area (Å²) in [5, 5.41) is 3.01. The van der Waals surface area contributed by atoms with Crippen LogP contribution < -0.4 is 5.32 Å². The van der Waals surface area contributed by atoms with E-state index in [1.807, 2.05) is 20.8 Å². The highest BCUT2D eigenvalue weighted by Gasteiger charge is 2.52. The van der Waals surface area contributed by atoms with Gasteiger partial charge in [0.15, 0.2) is 0 Å². The number of hydrogen-bond acceptors (Lipinski definition) is 2. The van der Waals surface area contributed by atoms with Crippen LogP contribution >= 0.6 is 0 Å². The molecule has 0 aromatic rings. The van der Waals surface area contributed by atoms with Gasteiger partial charge in [0.25, 0.3) is 0 Å². The lowest BCUT2D eigenvalue weighted by molar-refractivity contribution is -0.156. The van der Waals surface area contributed by atoms with Gasteiger partial charge in [0, 0.05) is 6.54 Å². The molecule has 1 aliphatic heterocycles. The molecule has 96 valence electrons. The van der Waals surface area contributed by atoms with E-state index in [9.17, 15) is 9.59 Å². The summed E-state index contributed by atoms with van der Waals surface area (Å²) in [6.45, 7) is 6.56. The quantitative estimate of drug-likeness (QED) is 0.788. The maximum Gasteiger partial charge on any atom is 0.249 e. The van der Waals surface area contributed by atoms with E-state index in [0.717, 1.165) is 25.7 Å². The van der Waals surface area contributed by atoms with Gasteiger partial charge in [-0.25, -0.2) is 0 Å². The first-order valence-corrected chi connectivity index (χ1v) is 6.65. The Balaban J connectivity index is 2.30. The van der Waals surface area contributed by atoms with Crippen LogP contribution in [-0.2, 0) is 9.59 Å². The molecule has 17 heavy (non-hydrogen) atoms. The van der Waals surface area contributed by atoms with E-state index in [-0.39, 0.29) is 23.8 Å². The molecule has 1 atom stereocenters. The Morgan fingerprint density at radius 3 is 2.41 bits per heavy atom. The lowest BCUT2D eigenvalue weighted by Gasteiger charge is -2.45. The molecule has 2 aliphatic rings. The monoisotopic (exact) mass is 238 g/mol. The van der Waals surface area contributed by atoms with Crippen molar-refractivity contribution in [2.75, 3.05) is 6.54 Å². The molecule has 0 radical (unpaired) electrons. The van der Waals surface area contributed by atoms with Crippen molar-refractivity contribution in [3.8, 4) is 0 Å². The summed E-state index contributed by atoms with van der Waals surface area (Å²) in [4.78, 5) is 26.5. The average Bonchev–Trinajstić information content (AvgIpc) is 2.72. The zero-order valence-electron chi connectivity index (χ0n) is 11.0. The fraction of sp³-hybridized carbons (Fsp3) is 0.846. The van der Waals surface area contributed by atoms with Gasteiger partial charge >= 0.3 is 0 Å². The van der Waals surface area contributed by atoms with E-state index < -0.39 is 5.54 Å². The van der Waals surface area contributed by atoms with Crippen LogP contribution in [0.15, 0.2) is 0 Å². The Morgan fingerprint density at radius 1 is 1.35 bits per heavy atom. The van der Waals surface area contributed by atoms with Crippen LogP contribution in [0.4, 0.5) is 0 Å². The molecule has 1 saturated carbocycles. The zero-order valence-corrected chi connectivity index (χ0v) is 11.0. The summed E-state index contributed by atoms with van der Waals surface area (Å²) in [5.41, 5.74) is -0.571. The molecule has 1 heterocycles. The highest BCUT2D eigenvalue weighted by atomic mass is 16.2. The van der Waals surface area contributed by atoms with Crippen molar-refractivity contribution in [2.45, 2.75) is 58.0 Å². The second kappa shape index (κ2) is 4.31. The zero-order chi connectivity index (χ0) is 12.6. The molecular weight excluding hydrogens is 216 g/mol. The SMILES string of the molecule is CCN1C(=O)C2(CCCC2)NC(=O)C1C(C)C. The number of carbonyl (C=O) groups is 2. The summed E-state index contributed by atoms with van der Waals surface area (Å²) in [6.07, 6.45) is 3.68. The predicted octanol–water partition coefficient (Wildman–Crippen LogP) is 1.30. The molecule has 2 amide bonds. The summed E-state index contributed by atoms with van der Waals surface area (Å²) in [6, 6.07) is -0.293. The first kappa shape index (κ1) is 12.4. The van der Waals surface area contributed by atoms with Crippen LogP contribution in [0.25, 0.3) is 0 Å². The van der Waals surface area contributed by atoms with E-state index in [2.05, 4.69) is 5.32 Å². The van der Waals surface area contributed by atoms with Crippen molar-refractivity contribution in [1.82, 2.24) is 10.2 Å². The molecule has 4 heteroatoms. The van der Waals surface area contributed by atoms with Gasteiger partial charge in [-0.3, -0.25) is 9.59 Å². The molecule has 1 spiro atoms. The molecular formula is C13H22N2O2. The number of likely N-dealkylation sites (N-methyl/N-ethyl adjacent to an activating group) is 1. The van der Waals surface area contributed by atoms with Gasteiger partial charge in [0.05, 0.1) is 0 Å². The number of hydrogen-bond donors (Lipinski definition) is 1. The minimum Gasteiger partial charge on any atom is -0.340 e. The maximum atomic E-state index is 12.6. The number of rotatable bonds is 2. The third kappa shape index (κ3) is 1.83. The fourth-order valence-corrected chi connectivity index (χ4v) is 3.23.